The zero-order valence-corrected chi connectivity index (χ0v) is 19.3. The summed E-state index contributed by atoms with van der Waals surface area (Å²) < 4.78 is 0. The number of aromatic nitrogens is 1. The van der Waals surface area contributed by atoms with Crippen molar-refractivity contribution in [1.29, 1.82) is 0 Å². The third kappa shape index (κ3) is 8.47. The van der Waals surface area contributed by atoms with Gasteiger partial charge in [0.1, 0.15) is 0 Å². The van der Waals surface area contributed by atoms with Gasteiger partial charge in [-0.15, -0.1) is 11.4 Å². The Kier molecular flexibility index (Phi) is 9.90. The van der Waals surface area contributed by atoms with E-state index >= 15 is 0 Å². The minimum atomic E-state index is -0.826. The Morgan fingerprint density at radius 3 is 1.44 bits per heavy atom. The summed E-state index contributed by atoms with van der Waals surface area (Å²) in [6, 6.07) is 22.5. The molecule has 0 bridgehead atoms. The average Bonchev–Trinajstić information content (AvgIpc) is 2.68. The van der Waals surface area contributed by atoms with Gasteiger partial charge in [-0.05, 0) is 26.0 Å². The molecule has 0 atom stereocenters. The number of rotatable bonds is 6. The van der Waals surface area contributed by atoms with Crippen LogP contribution in [-0.2, 0) is 33.9 Å². The number of hydrogen-bond donors (Lipinski definition) is 0. The van der Waals surface area contributed by atoms with E-state index in [2.05, 4.69) is 53.7 Å². The molecule has 0 radical (unpaired) electrons. The molecule has 0 amide bonds. The molecule has 2 aromatic carbocycles. The van der Waals surface area contributed by atoms with Crippen molar-refractivity contribution in [2.75, 3.05) is 0 Å². The van der Waals surface area contributed by atoms with E-state index < -0.39 is 20.8 Å². The number of nitrogens with zero attached hydrogens (tertiary/aromatic N) is 3. The summed E-state index contributed by atoms with van der Waals surface area (Å²) in [6.07, 6.45) is 0. The van der Waals surface area contributed by atoms with E-state index in [9.17, 15) is 0 Å². The van der Waals surface area contributed by atoms with E-state index in [-0.39, 0.29) is 0 Å². The Bertz CT molecular complexity index is 744. The molecule has 6 heteroatoms. The molecule has 138 valence electrons. The number of halogens is 2. The van der Waals surface area contributed by atoms with Crippen LogP contribution < -0.4 is 0 Å². The summed E-state index contributed by atoms with van der Waals surface area (Å²) in [5.74, 6) is 0. The van der Waals surface area contributed by atoms with Gasteiger partial charge in [-0.2, -0.15) is 0 Å². The molecule has 1 heterocycles. The first kappa shape index (κ1) is 21.9. The summed E-state index contributed by atoms with van der Waals surface area (Å²) >= 11 is -0.826. The van der Waals surface area contributed by atoms with E-state index in [1.54, 1.807) is 0 Å². The topological polar surface area (TPSA) is 41.1 Å². The van der Waals surface area contributed by atoms with E-state index in [1.807, 2.05) is 42.5 Å². The fourth-order valence-corrected chi connectivity index (χ4v) is 2.35. The average molecular weight is 478 g/mol. The predicted octanol–water partition coefficient (Wildman–Crippen LogP) is 7.49. The van der Waals surface area contributed by atoms with Crippen molar-refractivity contribution in [3.05, 3.63) is 99.9 Å². The predicted molar refractivity (Wildman–Crippen MR) is 112 cm³/mol. The fourth-order valence-electron chi connectivity index (χ4n) is 2.35. The second-order valence-electron chi connectivity index (χ2n) is 6.00. The molecule has 0 aliphatic carbocycles. The first-order chi connectivity index (χ1) is 13.1. The van der Waals surface area contributed by atoms with Crippen LogP contribution in [0.3, 0.4) is 0 Å². The first-order valence-electron chi connectivity index (χ1n) is 8.50. The van der Waals surface area contributed by atoms with Crippen molar-refractivity contribution in [2.45, 2.75) is 26.9 Å². The second kappa shape index (κ2) is 12.2. The molecule has 3 nitrogen and oxygen atoms in total. The van der Waals surface area contributed by atoms with Crippen LogP contribution in [0.2, 0.25) is 0 Å². The molecule has 0 saturated heterocycles. The van der Waals surface area contributed by atoms with Crippen molar-refractivity contribution in [2.24, 2.45) is 0 Å². The third-order valence-corrected chi connectivity index (χ3v) is 3.78. The third-order valence-electron chi connectivity index (χ3n) is 3.78. The second-order valence-corrected chi connectivity index (χ2v) is 9.73. The number of pyridine rings is 1. The molecule has 0 aliphatic heterocycles. The van der Waals surface area contributed by atoms with Crippen molar-refractivity contribution < 1.29 is 20.8 Å². The first-order valence-corrected chi connectivity index (χ1v) is 14.8. The van der Waals surface area contributed by atoms with Crippen molar-refractivity contribution in [3.8, 4) is 0 Å². The maximum atomic E-state index is 4.93. The van der Waals surface area contributed by atoms with Gasteiger partial charge in [0.2, 0.25) is 0 Å². The Balaban J connectivity index is 0.000000817. The fraction of sp³-hybridized carbons (Fsp3) is 0.190. The van der Waals surface area contributed by atoms with Crippen LogP contribution in [0.15, 0.2) is 66.7 Å². The molecular weight excluding hydrogens is 456 g/mol. The molecule has 27 heavy (non-hydrogen) atoms. The summed E-state index contributed by atoms with van der Waals surface area (Å²) in [5, 5.41) is 9.19. The Hall–Kier alpha value is -1.35. The van der Waals surface area contributed by atoms with E-state index in [0.717, 1.165) is 22.8 Å². The molecular formula is C21H21Cl2N3Zr. The van der Waals surface area contributed by atoms with Crippen LogP contribution in [0.25, 0.3) is 10.6 Å². The van der Waals surface area contributed by atoms with Gasteiger partial charge in [0.05, 0.1) is 0 Å². The maximum absolute atomic E-state index is 4.93. The summed E-state index contributed by atoms with van der Waals surface area (Å²) in [5.41, 5.74) is 6.38. The van der Waals surface area contributed by atoms with Crippen molar-refractivity contribution in [3.63, 3.8) is 0 Å². The van der Waals surface area contributed by atoms with Gasteiger partial charge in [-0.3, -0.25) is 4.98 Å². The van der Waals surface area contributed by atoms with Crippen molar-refractivity contribution >= 4 is 28.4 Å². The Morgan fingerprint density at radius 2 is 1.07 bits per heavy atom. The Morgan fingerprint density at radius 1 is 0.704 bits per heavy atom. The summed E-state index contributed by atoms with van der Waals surface area (Å²) in [6.45, 7) is 5.32. The van der Waals surface area contributed by atoms with Gasteiger partial charge >= 0.3 is 37.9 Å². The number of hydrogen-bond acceptors (Lipinski definition) is 1. The van der Waals surface area contributed by atoms with Crippen LogP contribution in [0, 0.1) is 13.8 Å². The van der Waals surface area contributed by atoms with Crippen molar-refractivity contribution in [1.82, 2.24) is 4.98 Å². The monoisotopic (exact) mass is 475 g/mol. The quantitative estimate of drug-likeness (QED) is 0.363. The standard InChI is InChI=1S/C21H21N3.2ClH.Zr/c1-16-6-10-18(11-7-16)22-14-20-4-3-5-21(24-20)15-23-19-12-8-17(2)9-13-19;;;/h3-13H,14-15H2,1-2H3;2*1H;/q-2;;;+4/p-2. The molecule has 0 spiro atoms. The zero-order chi connectivity index (χ0) is 19.5. The summed E-state index contributed by atoms with van der Waals surface area (Å²) in [4.78, 5) is 4.65. The van der Waals surface area contributed by atoms with E-state index in [1.165, 1.54) is 11.1 Å². The van der Waals surface area contributed by atoms with Gasteiger partial charge < -0.3 is 10.6 Å². The summed E-state index contributed by atoms with van der Waals surface area (Å²) in [7, 11) is 9.87. The van der Waals surface area contributed by atoms with Crippen LogP contribution in [-0.4, -0.2) is 4.98 Å². The van der Waals surface area contributed by atoms with E-state index in [4.69, 9.17) is 17.0 Å². The van der Waals surface area contributed by atoms with Crippen LogP contribution in [0.5, 0.6) is 0 Å². The zero-order valence-electron chi connectivity index (χ0n) is 15.4. The van der Waals surface area contributed by atoms with Gasteiger partial charge in [0, 0.05) is 11.4 Å². The van der Waals surface area contributed by atoms with Crippen LogP contribution >= 0.6 is 17.0 Å². The number of benzene rings is 2. The van der Waals surface area contributed by atoms with Gasteiger partial charge in [0.25, 0.3) is 0 Å². The molecule has 3 aromatic rings. The molecule has 3 rings (SSSR count). The normalized spacial score (nSPS) is 9.63. The number of aryl methyl sites for hydroxylation is 2. The van der Waals surface area contributed by atoms with Crippen LogP contribution in [0.4, 0.5) is 11.4 Å². The molecule has 1 aromatic heterocycles. The van der Waals surface area contributed by atoms with E-state index in [0.29, 0.717) is 13.1 Å². The SMILES string of the molecule is Cc1ccc([N-]Cc2cccc(C[N-]c3ccc(C)cc3)n2)cc1.[Cl][Zr+2][Cl]. The van der Waals surface area contributed by atoms with Gasteiger partial charge in [-0.25, -0.2) is 0 Å². The molecule has 0 saturated carbocycles. The Labute approximate surface area is 180 Å². The van der Waals surface area contributed by atoms with Crippen LogP contribution in [0.1, 0.15) is 22.5 Å². The molecule has 0 unspecified atom stereocenters. The van der Waals surface area contributed by atoms with Gasteiger partial charge in [0.15, 0.2) is 0 Å². The van der Waals surface area contributed by atoms with Gasteiger partial charge in [-0.1, -0.05) is 78.8 Å². The molecule has 0 aliphatic rings. The molecule has 0 N–H and O–H groups in total. The minimum absolute atomic E-state index is 0.585. The molecule has 0 fully saturated rings.